The van der Waals surface area contributed by atoms with Gasteiger partial charge in [-0.3, -0.25) is 10.1 Å². The summed E-state index contributed by atoms with van der Waals surface area (Å²) in [7, 11) is -4.06. The number of anilines is 1. The molecular formula is C14H19N3O5S. The molecule has 1 heterocycles. The predicted molar refractivity (Wildman–Crippen MR) is 83.6 cm³/mol. The lowest BCUT2D eigenvalue weighted by atomic mass is 10.00. The molecule has 3 rings (SSSR count). The van der Waals surface area contributed by atoms with Crippen molar-refractivity contribution in [3.63, 3.8) is 0 Å². The third-order valence-electron chi connectivity index (χ3n) is 4.31. The van der Waals surface area contributed by atoms with Crippen LogP contribution in [0.15, 0.2) is 23.1 Å². The first-order valence-electron chi connectivity index (χ1n) is 7.54. The fourth-order valence-corrected chi connectivity index (χ4v) is 3.67. The van der Waals surface area contributed by atoms with Gasteiger partial charge in [-0.05, 0) is 37.7 Å². The van der Waals surface area contributed by atoms with Gasteiger partial charge < -0.3 is 10.1 Å². The highest BCUT2D eigenvalue weighted by Crippen LogP contribution is 2.39. The molecular weight excluding hydrogens is 322 g/mol. The average Bonchev–Trinajstić information content (AvgIpc) is 3.31. The average molecular weight is 341 g/mol. The third kappa shape index (κ3) is 3.80. The monoisotopic (exact) mass is 341 g/mol. The van der Waals surface area contributed by atoms with Crippen molar-refractivity contribution in [3.8, 4) is 0 Å². The smallest absolute Gasteiger partial charge is 0.270 e. The molecule has 0 radical (unpaired) electrons. The molecule has 2 aliphatic rings. The molecule has 1 saturated carbocycles. The van der Waals surface area contributed by atoms with Gasteiger partial charge in [0, 0.05) is 24.8 Å². The van der Waals surface area contributed by atoms with Crippen LogP contribution >= 0.6 is 0 Å². The molecule has 1 aromatic rings. The van der Waals surface area contributed by atoms with Gasteiger partial charge in [0.15, 0.2) is 0 Å². The van der Waals surface area contributed by atoms with Gasteiger partial charge in [0.1, 0.15) is 4.90 Å². The van der Waals surface area contributed by atoms with E-state index in [9.17, 15) is 18.5 Å². The van der Waals surface area contributed by atoms with E-state index in [-0.39, 0.29) is 22.7 Å². The second-order valence-electron chi connectivity index (χ2n) is 6.09. The van der Waals surface area contributed by atoms with Gasteiger partial charge >= 0.3 is 0 Å². The Balaban J connectivity index is 1.82. The number of nitrogens with two attached hydrogens (primary N) is 1. The molecule has 9 heteroatoms. The predicted octanol–water partition coefficient (Wildman–Crippen LogP) is 1.61. The zero-order chi connectivity index (χ0) is 16.6. The van der Waals surface area contributed by atoms with Crippen LogP contribution in [0.4, 0.5) is 11.4 Å². The van der Waals surface area contributed by atoms with Crippen LogP contribution in [0.25, 0.3) is 0 Å². The lowest BCUT2D eigenvalue weighted by Gasteiger charge is -2.31. The molecule has 1 aliphatic heterocycles. The summed E-state index contributed by atoms with van der Waals surface area (Å²) >= 11 is 0. The number of rotatable bonds is 5. The number of benzene rings is 1. The molecule has 2 atom stereocenters. The van der Waals surface area contributed by atoms with Crippen LogP contribution < -0.4 is 10.5 Å². The molecule has 126 valence electrons. The van der Waals surface area contributed by atoms with Gasteiger partial charge in [0.05, 0.1) is 16.7 Å². The van der Waals surface area contributed by atoms with Gasteiger partial charge in [-0.15, -0.1) is 0 Å². The Morgan fingerprint density at radius 2 is 2.04 bits per heavy atom. The lowest BCUT2D eigenvalue weighted by molar-refractivity contribution is -0.385. The fraction of sp³-hybridized carbons (Fsp3) is 0.571. The molecule has 23 heavy (non-hydrogen) atoms. The van der Waals surface area contributed by atoms with Crippen molar-refractivity contribution in [2.75, 3.05) is 11.9 Å². The minimum absolute atomic E-state index is 0.0660. The molecule has 1 aliphatic carbocycles. The molecule has 0 spiro atoms. The highest BCUT2D eigenvalue weighted by Gasteiger charge is 2.36. The summed E-state index contributed by atoms with van der Waals surface area (Å²) in [6.07, 6.45) is 4.11. The Kier molecular flexibility index (Phi) is 4.26. The van der Waals surface area contributed by atoms with Crippen LogP contribution in [0.1, 0.15) is 25.7 Å². The summed E-state index contributed by atoms with van der Waals surface area (Å²) < 4.78 is 29.2. The number of ether oxygens (including phenoxy) is 1. The van der Waals surface area contributed by atoms with Crippen molar-refractivity contribution in [1.82, 2.24) is 0 Å². The largest absolute Gasteiger partial charge is 0.381 e. The number of nitro benzene ring substituents is 1. The zero-order valence-electron chi connectivity index (χ0n) is 12.5. The summed E-state index contributed by atoms with van der Waals surface area (Å²) in [5.41, 5.74) is 0.00181. The van der Waals surface area contributed by atoms with Gasteiger partial charge in [0.2, 0.25) is 10.0 Å². The highest BCUT2D eigenvalue weighted by atomic mass is 32.2. The summed E-state index contributed by atoms with van der Waals surface area (Å²) in [4.78, 5) is 9.95. The van der Waals surface area contributed by atoms with Crippen molar-refractivity contribution in [2.24, 2.45) is 11.1 Å². The molecule has 1 saturated heterocycles. The number of sulfonamides is 1. The zero-order valence-corrected chi connectivity index (χ0v) is 13.3. The Labute approximate surface area is 134 Å². The Morgan fingerprint density at radius 1 is 1.30 bits per heavy atom. The molecule has 0 bridgehead atoms. The standard InChI is InChI=1S/C14H19N3O5S/c15-23(20,21)14-8-11(17(18)19)3-4-12(14)16-10-5-6-22-13(7-10)9-1-2-9/h3-4,8-10,13,16H,1-2,5-7H2,(H2,15,20,21). The minimum Gasteiger partial charge on any atom is -0.381 e. The van der Waals surface area contributed by atoms with E-state index in [1.807, 2.05) is 0 Å². The van der Waals surface area contributed by atoms with Gasteiger partial charge in [-0.1, -0.05) is 0 Å². The highest BCUT2D eigenvalue weighted by molar-refractivity contribution is 7.89. The SMILES string of the molecule is NS(=O)(=O)c1cc([N+](=O)[O-])ccc1NC1CCOC(C2CC2)C1. The number of nitrogens with zero attached hydrogens (tertiary/aromatic N) is 1. The summed E-state index contributed by atoms with van der Waals surface area (Å²) in [5, 5.41) is 19.2. The maximum absolute atomic E-state index is 11.7. The van der Waals surface area contributed by atoms with Gasteiger partial charge in [0.25, 0.3) is 5.69 Å². The summed E-state index contributed by atoms with van der Waals surface area (Å²) in [6.45, 7) is 0.622. The number of non-ortho nitro benzene ring substituents is 1. The van der Waals surface area contributed by atoms with Crippen LogP contribution in [0, 0.1) is 16.0 Å². The summed E-state index contributed by atoms with van der Waals surface area (Å²) in [5.74, 6) is 0.606. The van der Waals surface area contributed by atoms with Crippen LogP contribution in [-0.4, -0.2) is 32.1 Å². The topological polar surface area (TPSA) is 125 Å². The van der Waals surface area contributed by atoms with Crippen LogP contribution in [-0.2, 0) is 14.8 Å². The van der Waals surface area contributed by atoms with Crippen LogP contribution in [0.3, 0.4) is 0 Å². The Hall–Kier alpha value is -1.71. The van der Waals surface area contributed by atoms with Gasteiger partial charge in [-0.25, -0.2) is 13.6 Å². The van der Waals surface area contributed by atoms with E-state index in [0.29, 0.717) is 18.2 Å². The van der Waals surface area contributed by atoms with Crippen LogP contribution in [0.5, 0.6) is 0 Å². The molecule has 3 N–H and O–H groups in total. The second-order valence-corrected chi connectivity index (χ2v) is 7.62. The van der Waals surface area contributed by atoms with Crippen LogP contribution in [0.2, 0.25) is 0 Å². The molecule has 8 nitrogen and oxygen atoms in total. The summed E-state index contributed by atoms with van der Waals surface area (Å²) in [6, 6.07) is 3.74. The van der Waals surface area contributed by atoms with E-state index in [4.69, 9.17) is 9.88 Å². The van der Waals surface area contributed by atoms with E-state index in [1.165, 1.54) is 25.0 Å². The first-order valence-corrected chi connectivity index (χ1v) is 9.08. The fourth-order valence-electron chi connectivity index (χ4n) is 2.95. The third-order valence-corrected chi connectivity index (χ3v) is 5.26. The number of nitrogens with one attached hydrogen (secondary N) is 1. The van der Waals surface area contributed by atoms with Crippen molar-refractivity contribution in [3.05, 3.63) is 28.3 Å². The minimum atomic E-state index is -4.06. The number of nitro groups is 1. The van der Waals surface area contributed by atoms with Crippen molar-refractivity contribution in [2.45, 2.75) is 42.7 Å². The van der Waals surface area contributed by atoms with Crippen molar-refractivity contribution < 1.29 is 18.1 Å². The van der Waals surface area contributed by atoms with E-state index < -0.39 is 14.9 Å². The maximum atomic E-state index is 11.7. The van der Waals surface area contributed by atoms with Crippen molar-refractivity contribution >= 4 is 21.4 Å². The Morgan fingerprint density at radius 3 is 2.65 bits per heavy atom. The Bertz CT molecular complexity index is 717. The van der Waals surface area contributed by atoms with E-state index in [1.54, 1.807) is 0 Å². The molecule has 2 fully saturated rings. The number of hydrogen-bond donors (Lipinski definition) is 2. The number of hydrogen-bond acceptors (Lipinski definition) is 6. The quantitative estimate of drug-likeness (QED) is 0.619. The number of primary sulfonamides is 1. The molecule has 0 amide bonds. The second kappa shape index (κ2) is 6.06. The lowest BCUT2D eigenvalue weighted by Crippen LogP contribution is -2.35. The van der Waals surface area contributed by atoms with E-state index >= 15 is 0 Å². The maximum Gasteiger partial charge on any atom is 0.270 e. The first-order chi connectivity index (χ1) is 10.8. The van der Waals surface area contributed by atoms with E-state index in [0.717, 1.165) is 18.9 Å². The first kappa shape index (κ1) is 16.2. The van der Waals surface area contributed by atoms with Crippen molar-refractivity contribution in [1.29, 1.82) is 0 Å². The normalized spacial score (nSPS) is 25.1. The van der Waals surface area contributed by atoms with E-state index in [2.05, 4.69) is 5.32 Å². The molecule has 1 aromatic carbocycles. The molecule has 2 unspecified atom stereocenters. The van der Waals surface area contributed by atoms with Gasteiger partial charge in [-0.2, -0.15) is 0 Å². The molecule has 0 aromatic heterocycles.